The van der Waals surface area contributed by atoms with Crippen LogP contribution in [-0.4, -0.2) is 44.0 Å². The Hall–Kier alpha value is -2.07. The zero-order chi connectivity index (χ0) is 14.7. The van der Waals surface area contributed by atoms with Gasteiger partial charge in [0.05, 0.1) is 0 Å². The van der Waals surface area contributed by atoms with E-state index in [-0.39, 0.29) is 32.1 Å². The molecule has 10 nitrogen and oxygen atoms in total. The molecule has 0 radical (unpaired) electrons. The van der Waals surface area contributed by atoms with Crippen LogP contribution in [0.2, 0.25) is 0 Å². The van der Waals surface area contributed by atoms with E-state index in [4.69, 9.17) is 22.0 Å². The fourth-order valence-corrected chi connectivity index (χ4v) is 1.05. The molecule has 10 heteroatoms. The van der Waals surface area contributed by atoms with E-state index in [9.17, 15) is 14.4 Å². The number of nitrogens with one attached hydrogen (secondary N) is 1. The summed E-state index contributed by atoms with van der Waals surface area (Å²) in [4.78, 5) is 31.7. The van der Waals surface area contributed by atoms with Crippen LogP contribution in [0.1, 0.15) is 12.8 Å². The van der Waals surface area contributed by atoms with Crippen molar-refractivity contribution in [2.45, 2.75) is 18.9 Å². The molecular formula is C9H18N4O6. The van der Waals surface area contributed by atoms with Gasteiger partial charge in [-0.25, -0.2) is 15.4 Å². The Labute approximate surface area is 109 Å². The monoisotopic (exact) mass is 278 g/mol. The number of ether oxygens (including phenoxy) is 3. The van der Waals surface area contributed by atoms with Crippen LogP contribution in [-0.2, 0) is 19.0 Å². The van der Waals surface area contributed by atoms with Crippen molar-refractivity contribution < 1.29 is 28.6 Å². The number of carbonyl (C=O) groups excluding carboxylic acids is 3. The number of hydrogen-bond donors (Lipinski definition) is 4. The summed E-state index contributed by atoms with van der Waals surface area (Å²) in [5.74, 6) is 4.56. The molecule has 0 fully saturated rings. The van der Waals surface area contributed by atoms with Gasteiger partial charge >= 0.3 is 12.2 Å². The number of hydrazine groups is 1. The average molecular weight is 278 g/mol. The van der Waals surface area contributed by atoms with Gasteiger partial charge in [-0.15, -0.1) is 0 Å². The number of hydrogen-bond acceptors (Lipinski definition) is 7. The predicted molar refractivity (Wildman–Crippen MR) is 62.4 cm³/mol. The zero-order valence-electron chi connectivity index (χ0n) is 10.3. The van der Waals surface area contributed by atoms with Crippen LogP contribution in [0, 0.1) is 0 Å². The van der Waals surface area contributed by atoms with Crippen molar-refractivity contribution in [3.8, 4) is 0 Å². The third-order valence-corrected chi connectivity index (χ3v) is 1.89. The maximum absolute atomic E-state index is 10.8. The van der Waals surface area contributed by atoms with Crippen molar-refractivity contribution in [3.63, 3.8) is 0 Å². The second-order valence-corrected chi connectivity index (χ2v) is 3.42. The summed E-state index contributed by atoms with van der Waals surface area (Å²) in [5, 5.41) is 0. The molecular weight excluding hydrogens is 260 g/mol. The van der Waals surface area contributed by atoms with Crippen LogP contribution in [0.4, 0.5) is 9.59 Å². The molecule has 0 atom stereocenters. The highest BCUT2D eigenvalue weighted by Gasteiger charge is 2.13. The van der Waals surface area contributed by atoms with Gasteiger partial charge in [-0.2, -0.15) is 0 Å². The van der Waals surface area contributed by atoms with E-state index in [1.165, 1.54) is 0 Å². The molecule has 0 rings (SSSR count). The van der Waals surface area contributed by atoms with Crippen LogP contribution >= 0.6 is 0 Å². The Kier molecular flexibility index (Phi) is 8.83. The lowest BCUT2D eigenvalue weighted by Gasteiger charge is -2.16. The Morgan fingerprint density at radius 1 is 1.05 bits per heavy atom. The quantitative estimate of drug-likeness (QED) is 0.169. The van der Waals surface area contributed by atoms with Crippen molar-refractivity contribution in [2.75, 3.05) is 19.8 Å². The van der Waals surface area contributed by atoms with E-state index in [0.29, 0.717) is 6.42 Å². The zero-order valence-corrected chi connectivity index (χ0v) is 10.3. The third kappa shape index (κ3) is 10.8. The lowest BCUT2D eigenvalue weighted by atomic mass is 10.3. The first-order valence-corrected chi connectivity index (χ1v) is 5.41. The Balaban J connectivity index is 3.92. The minimum Gasteiger partial charge on any atom is -0.447 e. The van der Waals surface area contributed by atoms with Crippen LogP contribution in [0.15, 0.2) is 0 Å². The molecule has 0 saturated carbocycles. The van der Waals surface area contributed by atoms with E-state index in [1.807, 2.05) is 5.43 Å². The number of carbonyl (C=O) groups is 3. The summed E-state index contributed by atoms with van der Waals surface area (Å²) in [6, 6.07) is 0. The van der Waals surface area contributed by atoms with Crippen molar-refractivity contribution >= 4 is 18.1 Å². The third-order valence-electron chi connectivity index (χ3n) is 1.89. The fraction of sp³-hybridized carbons (Fsp3) is 0.667. The summed E-state index contributed by atoms with van der Waals surface area (Å²) >= 11 is 0. The molecule has 0 saturated heterocycles. The van der Waals surface area contributed by atoms with Crippen molar-refractivity contribution in [3.05, 3.63) is 0 Å². The van der Waals surface area contributed by atoms with E-state index in [1.54, 1.807) is 0 Å². The molecule has 110 valence electrons. The number of amides is 3. The molecule has 0 bridgehead atoms. The largest absolute Gasteiger partial charge is 0.447 e. The van der Waals surface area contributed by atoms with Crippen molar-refractivity contribution in [2.24, 2.45) is 17.3 Å². The molecule has 0 spiro atoms. The summed E-state index contributed by atoms with van der Waals surface area (Å²) in [7, 11) is 0. The van der Waals surface area contributed by atoms with Crippen molar-refractivity contribution in [1.82, 2.24) is 5.43 Å². The molecule has 0 aromatic carbocycles. The van der Waals surface area contributed by atoms with Gasteiger partial charge in [0.15, 0.2) is 0 Å². The van der Waals surface area contributed by atoms with Gasteiger partial charge < -0.3 is 25.7 Å². The first-order chi connectivity index (χ1) is 8.95. The molecule has 3 amide bonds. The van der Waals surface area contributed by atoms with E-state index >= 15 is 0 Å². The first-order valence-electron chi connectivity index (χ1n) is 5.41. The molecule has 7 N–H and O–H groups in total. The van der Waals surface area contributed by atoms with E-state index in [0.717, 1.165) is 0 Å². The lowest BCUT2D eigenvalue weighted by molar-refractivity contribution is -0.121. The molecule has 0 unspecified atom stereocenters. The van der Waals surface area contributed by atoms with Crippen molar-refractivity contribution in [1.29, 1.82) is 0 Å². The fourth-order valence-electron chi connectivity index (χ4n) is 1.05. The van der Waals surface area contributed by atoms with Crippen LogP contribution in [0.3, 0.4) is 0 Å². The van der Waals surface area contributed by atoms with Gasteiger partial charge in [0.1, 0.15) is 19.3 Å². The topological polar surface area (TPSA) is 169 Å². The highest BCUT2D eigenvalue weighted by Crippen LogP contribution is 1.99. The van der Waals surface area contributed by atoms with Gasteiger partial charge in [-0.3, -0.25) is 10.2 Å². The summed E-state index contributed by atoms with van der Waals surface area (Å²) < 4.78 is 14.3. The summed E-state index contributed by atoms with van der Waals surface area (Å²) in [6.45, 7) is -0.195. The van der Waals surface area contributed by atoms with Gasteiger partial charge in [0.25, 0.3) is 0 Å². The van der Waals surface area contributed by atoms with Gasteiger partial charge in [0, 0.05) is 13.0 Å². The average Bonchev–Trinajstić information content (AvgIpc) is 2.35. The Morgan fingerprint density at radius 3 is 2.00 bits per heavy atom. The number of rotatable bonds is 9. The standard InChI is InChI=1S/C9H18N4O6/c10-8(15)18-4-6(5-19-9(11)16)17-3-1-2-7(14)13-12/h6H,1-5,12H2,(H2,10,15)(H2,11,16)(H,13,14). The molecule has 0 aliphatic carbocycles. The Morgan fingerprint density at radius 2 is 1.58 bits per heavy atom. The summed E-state index contributed by atoms with van der Waals surface area (Å²) in [5.41, 5.74) is 11.6. The highest BCUT2D eigenvalue weighted by atomic mass is 16.6. The molecule has 0 aromatic heterocycles. The summed E-state index contributed by atoms with van der Waals surface area (Å²) in [6.07, 6.45) is -2.09. The first kappa shape index (κ1) is 16.9. The van der Waals surface area contributed by atoms with Gasteiger partial charge in [-0.1, -0.05) is 0 Å². The molecule has 0 aliphatic heterocycles. The highest BCUT2D eigenvalue weighted by molar-refractivity contribution is 5.75. The van der Waals surface area contributed by atoms with Gasteiger partial charge in [-0.05, 0) is 6.42 Å². The SMILES string of the molecule is NNC(=O)CCCOC(COC(N)=O)COC(N)=O. The molecule has 19 heavy (non-hydrogen) atoms. The maximum Gasteiger partial charge on any atom is 0.404 e. The Bertz CT molecular complexity index is 293. The lowest BCUT2D eigenvalue weighted by Crippen LogP contribution is -2.32. The van der Waals surface area contributed by atoms with Gasteiger partial charge in [0.2, 0.25) is 5.91 Å². The normalized spacial score (nSPS) is 10.0. The van der Waals surface area contributed by atoms with Crippen LogP contribution in [0.25, 0.3) is 0 Å². The second kappa shape index (κ2) is 9.91. The van der Waals surface area contributed by atoms with E-state index < -0.39 is 18.3 Å². The molecule has 0 aromatic rings. The maximum atomic E-state index is 10.8. The second-order valence-electron chi connectivity index (χ2n) is 3.42. The molecule has 0 heterocycles. The van der Waals surface area contributed by atoms with Crippen LogP contribution in [0.5, 0.6) is 0 Å². The minimum absolute atomic E-state index is 0.177. The number of primary amides is 2. The number of nitrogens with two attached hydrogens (primary N) is 3. The smallest absolute Gasteiger partial charge is 0.404 e. The minimum atomic E-state index is -0.977. The molecule has 0 aliphatic rings. The predicted octanol–water partition coefficient (Wildman–Crippen LogP) is -1.67. The van der Waals surface area contributed by atoms with Crippen LogP contribution < -0.4 is 22.7 Å². The van der Waals surface area contributed by atoms with E-state index in [2.05, 4.69) is 9.47 Å².